The van der Waals surface area contributed by atoms with Crippen LogP contribution in [0.1, 0.15) is 20.7 Å². The lowest BCUT2D eigenvalue weighted by Gasteiger charge is -2.37. The van der Waals surface area contributed by atoms with E-state index in [1.54, 1.807) is 47.2 Å². The number of halogens is 1. The molecule has 4 rings (SSSR count). The first-order chi connectivity index (χ1) is 18.0. The number of benzene rings is 2. The quantitative estimate of drug-likeness (QED) is 0.506. The van der Waals surface area contributed by atoms with Crippen molar-refractivity contribution in [1.82, 2.24) is 14.7 Å². The van der Waals surface area contributed by atoms with E-state index in [4.69, 9.17) is 18.9 Å². The van der Waals surface area contributed by atoms with Crippen LogP contribution in [-0.2, 0) is 9.47 Å². The van der Waals surface area contributed by atoms with Crippen LogP contribution in [0.5, 0.6) is 11.5 Å². The van der Waals surface area contributed by atoms with Crippen molar-refractivity contribution in [1.29, 1.82) is 0 Å². The van der Waals surface area contributed by atoms with Crippen LogP contribution in [-0.4, -0.2) is 112 Å². The Kier molecular flexibility index (Phi) is 9.32. The van der Waals surface area contributed by atoms with Gasteiger partial charge >= 0.3 is 0 Å². The summed E-state index contributed by atoms with van der Waals surface area (Å²) >= 11 is 0. The van der Waals surface area contributed by atoms with Gasteiger partial charge in [0.15, 0.2) is 11.5 Å². The minimum absolute atomic E-state index is 0.0264. The van der Waals surface area contributed by atoms with Gasteiger partial charge in [0.2, 0.25) is 0 Å². The van der Waals surface area contributed by atoms with Crippen LogP contribution in [0.3, 0.4) is 0 Å². The maximum Gasteiger partial charge on any atom is 0.256 e. The van der Waals surface area contributed by atoms with Gasteiger partial charge in [-0.2, -0.15) is 0 Å². The van der Waals surface area contributed by atoms with Gasteiger partial charge in [-0.05, 0) is 30.3 Å². The molecule has 2 saturated heterocycles. The number of carbonyl (C=O) groups excluding carboxylic acids is 2. The minimum atomic E-state index is -0.557. The lowest BCUT2D eigenvalue weighted by Crippen LogP contribution is -2.52. The zero-order valence-corrected chi connectivity index (χ0v) is 21.4. The van der Waals surface area contributed by atoms with E-state index >= 15 is 0 Å². The number of amides is 2. The number of methoxy groups -OCH3 is 2. The topological polar surface area (TPSA) is 80.8 Å². The van der Waals surface area contributed by atoms with Crippen molar-refractivity contribution in [3.05, 3.63) is 59.4 Å². The average Bonchev–Trinajstić information content (AvgIpc) is 2.95. The Hall–Kier alpha value is -3.21. The molecule has 0 N–H and O–H groups in total. The average molecular weight is 516 g/mol. The predicted molar refractivity (Wildman–Crippen MR) is 135 cm³/mol. The molecule has 0 spiro atoms. The van der Waals surface area contributed by atoms with E-state index in [1.807, 2.05) is 0 Å². The van der Waals surface area contributed by atoms with E-state index in [-0.39, 0.29) is 18.0 Å². The van der Waals surface area contributed by atoms with Crippen molar-refractivity contribution in [2.75, 3.05) is 79.9 Å². The summed E-state index contributed by atoms with van der Waals surface area (Å²) in [6.45, 7) is 5.26. The monoisotopic (exact) mass is 515 g/mol. The van der Waals surface area contributed by atoms with Crippen molar-refractivity contribution in [3.63, 3.8) is 0 Å². The van der Waals surface area contributed by atoms with Crippen LogP contribution in [0.2, 0.25) is 0 Å². The molecule has 0 unspecified atom stereocenters. The van der Waals surface area contributed by atoms with Gasteiger partial charge in [0.05, 0.1) is 45.7 Å². The summed E-state index contributed by atoms with van der Waals surface area (Å²) in [7, 11) is 3.06. The Morgan fingerprint density at radius 1 is 1.03 bits per heavy atom. The summed E-state index contributed by atoms with van der Waals surface area (Å²) < 4.78 is 36.4. The predicted octanol–water partition coefficient (Wildman–Crippen LogP) is 2.16. The van der Waals surface area contributed by atoms with Gasteiger partial charge < -0.3 is 28.7 Å². The van der Waals surface area contributed by atoms with E-state index in [2.05, 4.69) is 4.90 Å². The normalized spacial score (nSPS) is 18.4. The first-order valence-electron chi connectivity index (χ1n) is 12.5. The molecule has 2 aromatic rings. The fourth-order valence-electron chi connectivity index (χ4n) is 4.58. The number of hydrogen-bond acceptors (Lipinski definition) is 7. The highest BCUT2D eigenvalue weighted by Gasteiger charge is 2.30. The van der Waals surface area contributed by atoms with Crippen LogP contribution in [0.25, 0.3) is 0 Å². The Morgan fingerprint density at radius 3 is 2.51 bits per heavy atom. The smallest absolute Gasteiger partial charge is 0.256 e. The molecule has 1 atom stereocenters. The summed E-state index contributed by atoms with van der Waals surface area (Å²) in [5, 5.41) is 0. The van der Waals surface area contributed by atoms with Gasteiger partial charge in [-0.1, -0.05) is 12.1 Å². The molecule has 0 radical (unpaired) electrons. The molecule has 0 aromatic heterocycles. The molecule has 10 heteroatoms. The number of rotatable bonds is 9. The molecular formula is C27H34FN3O6. The summed E-state index contributed by atoms with van der Waals surface area (Å²) in [4.78, 5) is 32.2. The van der Waals surface area contributed by atoms with E-state index in [1.165, 1.54) is 19.2 Å². The molecule has 37 heavy (non-hydrogen) atoms. The van der Waals surface area contributed by atoms with Gasteiger partial charge in [0.1, 0.15) is 5.82 Å². The highest BCUT2D eigenvalue weighted by molar-refractivity contribution is 5.95. The highest BCUT2D eigenvalue weighted by Crippen LogP contribution is 2.28. The molecule has 2 amide bonds. The minimum Gasteiger partial charge on any atom is -0.493 e. The third-order valence-corrected chi connectivity index (χ3v) is 6.66. The molecule has 9 nitrogen and oxygen atoms in total. The zero-order chi connectivity index (χ0) is 26.2. The van der Waals surface area contributed by atoms with Crippen molar-refractivity contribution in [2.24, 2.45) is 0 Å². The fraction of sp³-hybridized carbons (Fsp3) is 0.481. The molecule has 0 bridgehead atoms. The Morgan fingerprint density at radius 2 is 1.78 bits per heavy atom. The summed E-state index contributed by atoms with van der Waals surface area (Å²) in [5.74, 6) is -0.0871. The Balaban J connectivity index is 1.46. The molecule has 2 fully saturated rings. The molecule has 2 heterocycles. The van der Waals surface area contributed by atoms with Crippen molar-refractivity contribution >= 4 is 11.8 Å². The van der Waals surface area contributed by atoms with Gasteiger partial charge in [-0.15, -0.1) is 0 Å². The molecule has 0 aliphatic carbocycles. The zero-order valence-electron chi connectivity index (χ0n) is 21.4. The summed E-state index contributed by atoms with van der Waals surface area (Å²) in [5.41, 5.74) is 0.503. The largest absolute Gasteiger partial charge is 0.493 e. The van der Waals surface area contributed by atoms with Gasteiger partial charge in [-0.25, -0.2) is 4.39 Å². The second-order valence-electron chi connectivity index (χ2n) is 9.00. The lowest BCUT2D eigenvalue weighted by molar-refractivity contribution is -0.0347. The third kappa shape index (κ3) is 6.76. The molecule has 2 aliphatic heterocycles. The summed E-state index contributed by atoms with van der Waals surface area (Å²) in [6, 6.07) is 11.0. The Labute approximate surface area is 216 Å². The second-order valence-corrected chi connectivity index (χ2v) is 9.00. The number of carbonyl (C=O) groups is 2. The van der Waals surface area contributed by atoms with Crippen LogP contribution in [0.4, 0.5) is 4.39 Å². The van der Waals surface area contributed by atoms with Gasteiger partial charge in [0.25, 0.3) is 11.8 Å². The molecular weight excluding hydrogens is 481 g/mol. The number of ether oxygens (including phenoxy) is 4. The number of morpholine rings is 2. The molecule has 200 valence electrons. The van der Waals surface area contributed by atoms with Crippen molar-refractivity contribution in [3.8, 4) is 11.5 Å². The highest BCUT2D eigenvalue weighted by atomic mass is 19.1. The van der Waals surface area contributed by atoms with Crippen LogP contribution in [0, 0.1) is 5.82 Å². The van der Waals surface area contributed by atoms with Gasteiger partial charge in [0, 0.05) is 51.4 Å². The fourth-order valence-corrected chi connectivity index (χ4v) is 4.58. The molecule has 0 saturated carbocycles. The number of nitrogens with zero attached hydrogens (tertiary/aromatic N) is 3. The first kappa shape index (κ1) is 26.8. The maximum atomic E-state index is 14.5. The van der Waals surface area contributed by atoms with Crippen LogP contribution >= 0.6 is 0 Å². The molecule has 2 aromatic carbocycles. The summed E-state index contributed by atoms with van der Waals surface area (Å²) in [6.07, 6.45) is -0.404. The molecule has 2 aliphatic rings. The van der Waals surface area contributed by atoms with E-state index in [0.29, 0.717) is 63.1 Å². The van der Waals surface area contributed by atoms with Crippen molar-refractivity contribution in [2.45, 2.75) is 6.10 Å². The van der Waals surface area contributed by atoms with Crippen LogP contribution < -0.4 is 9.47 Å². The Bertz CT molecular complexity index is 1080. The van der Waals surface area contributed by atoms with Gasteiger partial charge in [-0.3, -0.25) is 14.5 Å². The standard InChI is InChI=1S/C27H34FN3O6/c1-34-24-8-7-20(17-25(24)35-2)26(32)31-13-16-37-21(19-31)18-30(10-9-29-11-14-36-15-12-29)27(33)22-5-3-4-6-23(22)28/h3-8,17,21H,9-16,18-19H2,1-2H3/t21-/m0/s1. The van der Waals surface area contributed by atoms with E-state index < -0.39 is 17.8 Å². The van der Waals surface area contributed by atoms with E-state index in [0.717, 1.165) is 13.1 Å². The van der Waals surface area contributed by atoms with Crippen molar-refractivity contribution < 1.29 is 32.9 Å². The maximum absolute atomic E-state index is 14.5. The lowest BCUT2D eigenvalue weighted by atomic mass is 10.1. The third-order valence-electron chi connectivity index (χ3n) is 6.66. The van der Waals surface area contributed by atoms with E-state index in [9.17, 15) is 14.0 Å². The SMILES string of the molecule is COc1ccc(C(=O)N2CCO[C@@H](CN(CCN3CCOCC3)C(=O)c3ccccc3F)C2)cc1OC. The first-order valence-corrected chi connectivity index (χ1v) is 12.5. The second kappa shape index (κ2) is 12.8. The van der Waals surface area contributed by atoms with Crippen LogP contribution in [0.15, 0.2) is 42.5 Å². The number of hydrogen-bond donors (Lipinski definition) is 0.